The fraction of sp³-hybridized carbons (Fsp3) is 0.115. The Morgan fingerprint density at radius 3 is 2.16 bits per heavy atom. The van der Waals surface area contributed by atoms with Gasteiger partial charge in [-0.15, -0.1) is 0 Å². The van der Waals surface area contributed by atoms with Crippen LogP contribution in [0.1, 0.15) is 45.1 Å². The summed E-state index contributed by atoms with van der Waals surface area (Å²) in [6, 6.07) is 12.4. The Morgan fingerprint density at radius 1 is 0.812 bits per heavy atom. The average Bonchev–Trinajstić information content (AvgIpc) is 3.55. The van der Waals surface area contributed by atoms with Gasteiger partial charge in [-0.25, -0.2) is 9.97 Å². The number of aryl methyl sites for hydroxylation is 1. The first-order valence-electron chi connectivity index (χ1n) is 10.6. The van der Waals surface area contributed by atoms with E-state index in [2.05, 4.69) is 58.0 Å². The van der Waals surface area contributed by atoms with Gasteiger partial charge in [0.25, 0.3) is 0 Å². The Hall–Kier alpha value is -3.64. The van der Waals surface area contributed by atoms with Crippen LogP contribution in [-0.2, 0) is 11.8 Å². The molecule has 7 heterocycles. The predicted molar refractivity (Wildman–Crippen MR) is 131 cm³/mol. The molecule has 1 N–H and O–H groups in total. The number of hydrogen-bond donors (Lipinski definition) is 1. The number of H-pyrrole nitrogens is 1. The molecule has 0 saturated heterocycles. The Morgan fingerprint density at radius 2 is 1.44 bits per heavy atom. The minimum atomic E-state index is -0.203. The average molecular weight is 435 g/mol. The van der Waals surface area contributed by atoms with Crippen LogP contribution in [0.5, 0.6) is 0 Å². The van der Waals surface area contributed by atoms with Crippen molar-refractivity contribution < 1.29 is 4.79 Å². The van der Waals surface area contributed by atoms with Crippen molar-refractivity contribution in [2.75, 3.05) is 0 Å². The number of fused-ring (bicyclic) bond motifs is 9. The summed E-state index contributed by atoms with van der Waals surface area (Å²) in [6.07, 6.45) is 12.3. The molecule has 2 atom stereocenters. The predicted octanol–water partition coefficient (Wildman–Crippen LogP) is 5.63. The molecule has 32 heavy (non-hydrogen) atoms. The third kappa shape index (κ3) is 2.63. The van der Waals surface area contributed by atoms with E-state index in [1.54, 1.807) is 0 Å². The lowest BCUT2D eigenvalue weighted by Crippen LogP contribution is -2.20. The third-order valence-corrected chi connectivity index (χ3v) is 7.54. The van der Waals surface area contributed by atoms with Crippen molar-refractivity contribution in [1.29, 1.82) is 0 Å². The SMILES string of the molecule is Cn1c2cc3nc(cc4nc(cc5ccc(cc1c1c2C2C=CC1C(=O)S2)[nH]5)C=C4)C=C3. The monoisotopic (exact) mass is 434 g/mol. The molecule has 1 aliphatic carbocycles. The number of thioether (sulfide) groups is 1. The summed E-state index contributed by atoms with van der Waals surface area (Å²) < 4.78 is 2.20. The van der Waals surface area contributed by atoms with E-state index in [9.17, 15) is 4.79 Å². The summed E-state index contributed by atoms with van der Waals surface area (Å²) >= 11 is 1.43. The highest BCUT2D eigenvalue weighted by atomic mass is 32.2. The molecule has 0 aromatic carbocycles. The summed E-state index contributed by atoms with van der Waals surface area (Å²) in [4.78, 5) is 25.7. The first-order chi connectivity index (χ1) is 15.6. The fourth-order valence-corrected chi connectivity index (χ4v) is 6.07. The molecule has 6 heteroatoms. The molecule has 0 radical (unpaired) electrons. The van der Waals surface area contributed by atoms with Crippen LogP contribution in [-0.4, -0.2) is 24.6 Å². The summed E-state index contributed by atoms with van der Waals surface area (Å²) in [5, 5.41) is 0.272. The van der Waals surface area contributed by atoms with Gasteiger partial charge in [0.2, 0.25) is 5.12 Å². The van der Waals surface area contributed by atoms with Crippen molar-refractivity contribution in [3.05, 3.63) is 82.5 Å². The molecule has 3 aromatic heterocycles. The summed E-state index contributed by atoms with van der Waals surface area (Å²) in [5.41, 5.74) is 10.1. The summed E-state index contributed by atoms with van der Waals surface area (Å²) in [5.74, 6) is -0.203. The summed E-state index contributed by atoms with van der Waals surface area (Å²) in [6.45, 7) is 0. The van der Waals surface area contributed by atoms with Gasteiger partial charge in [0.05, 0.1) is 33.9 Å². The largest absolute Gasteiger partial charge is 0.355 e. The van der Waals surface area contributed by atoms with Gasteiger partial charge in [0.1, 0.15) is 0 Å². The van der Waals surface area contributed by atoms with E-state index in [1.807, 2.05) is 36.4 Å². The van der Waals surface area contributed by atoms with Gasteiger partial charge in [0, 0.05) is 29.1 Å². The zero-order chi connectivity index (χ0) is 21.4. The second-order valence-corrected chi connectivity index (χ2v) is 9.56. The van der Waals surface area contributed by atoms with E-state index in [-0.39, 0.29) is 16.3 Å². The van der Waals surface area contributed by atoms with E-state index >= 15 is 0 Å². The minimum Gasteiger partial charge on any atom is -0.355 e. The van der Waals surface area contributed by atoms with E-state index in [0.717, 1.165) is 50.4 Å². The molecule has 0 saturated carbocycles. The number of aromatic amines is 1. The fourth-order valence-electron chi connectivity index (χ4n) is 4.95. The van der Waals surface area contributed by atoms with E-state index in [0.29, 0.717) is 0 Å². The van der Waals surface area contributed by atoms with E-state index < -0.39 is 0 Å². The van der Waals surface area contributed by atoms with E-state index in [1.165, 1.54) is 17.3 Å². The maximum Gasteiger partial charge on any atom is 0.201 e. The molecule has 0 spiro atoms. The van der Waals surface area contributed by atoms with Crippen LogP contribution in [0, 0.1) is 0 Å². The maximum absolute atomic E-state index is 12.7. The van der Waals surface area contributed by atoms with Crippen molar-refractivity contribution in [1.82, 2.24) is 19.5 Å². The van der Waals surface area contributed by atoms with Crippen LogP contribution in [0.3, 0.4) is 0 Å². The molecule has 3 aromatic rings. The van der Waals surface area contributed by atoms with Gasteiger partial charge in [-0.2, -0.15) is 0 Å². The Balaban J connectivity index is 1.64. The molecule has 5 aliphatic rings. The second-order valence-electron chi connectivity index (χ2n) is 8.41. The van der Waals surface area contributed by atoms with Crippen molar-refractivity contribution in [3.8, 4) is 0 Å². The number of rotatable bonds is 0. The molecule has 154 valence electrons. The molecule has 0 amide bonds. The molecular formula is C26H18N4OS. The van der Waals surface area contributed by atoms with Gasteiger partial charge in [-0.1, -0.05) is 23.9 Å². The van der Waals surface area contributed by atoms with Crippen molar-refractivity contribution in [3.63, 3.8) is 0 Å². The first kappa shape index (κ1) is 18.0. The van der Waals surface area contributed by atoms with Gasteiger partial charge >= 0.3 is 0 Å². The summed E-state index contributed by atoms with van der Waals surface area (Å²) in [7, 11) is 2.08. The van der Waals surface area contributed by atoms with Gasteiger partial charge in [0.15, 0.2) is 0 Å². The topological polar surface area (TPSA) is 63.6 Å². The van der Waals surface area contributed by atoms with Gasteiger partial charge in [-0.05, 0) is 71.8 Å². The van der Waals surface area contributed by atoms with Gasteiger partial charge < -0.3 is 9.55 Å². The minimum absolute atomic E-state index is 0.0457. The van der Waals surface area contributed by atoms with Crippen LogP contribution in [0.15, 0.2) is 48.6 Å². The number of nitrogens with zero attached hydrogens (tertiary/aromatic N) is 3. The molecule has 2 unspecified atom stereocenters. The van der Waals surface area contributed by atoms with Crippen LogP contribution in [0.25, 0.3) is 46.4 Å². The van der Waals surface area contributed by atoms with Crippen molar-refractivity contribution in [2.45, 2.75) is 11.2 Å². The number of carbonyl (C=O) groups excluding carboxylic acids is 1. The second kappa shape index (κ2) is 6.43. The molecule has 8 rings (SSSR count). The van der Waals surface area contributed by atoms with E-state index in [4.69, 9.17) is 4.98 Å². The highest BCUT2D eigenvalue weighted by Gasteiger charge is 2.39. The maximum atomic E-state index is 12.7. The number of nitrogens with one attached hydrogen (secondary N) is 1. The van der Waals surface area contributed by atoms with Crippen LogP contribution in [0.2, 0.25) is 0 Å². The molecule has 5 nitrogen and oxygen atoms in total. The quantitative estimate of drug-likeness (QED) is 0.321. The Bertz CT molecular complexity index is 1600. The molecule has 0 fully saturated rings. The lowest BCUT2D eigenvalue weighted by Gasteiger charge is -2.29. The molecule has 4 aliphatic heterocycles. The van der Waals surface area contributed by atoms with Crippen molar-refractivity contribution >= 4 is 63.2 Å². The zero-order valence-electron chi connectivity index (χ0n) is 17.2. The molecule has 10 bridgehead atoms. The lowest BCUT2D eigenvalue weighted by molar-refractivity contribution is -0.111. The molecular weight excluding hydrogens is 416 g/mol. The normalized spacial score (nSPS) is 20.2. The standard InChI is InChI=1S/C26H18N4OS/c1-30-21-12-18-6-4-16(28-18)10-14-2-3-15(27-14)11-17-5-7-19(29-17)13-22(30)25-23-9-8-20(24(21)25)26(31)32-23/h2-13,20,23,28H,1H3. The highest BCUT2D eigenvalue weighted by Crippen LogP contribution is 2.52. The van der Waals surface area contributed by atoms with Crippen LogP contribution >= 0.6 is 11.8 Å². The third-order valence-electron chi connectivity index (χ3n) is 6.41. The van der Waals surface area contributed by atoms with Crippen LogP contribution in [0.4, 0.5) is 0 Å². The zero-order valence-corrected chi connectivity index (χ0v) is 18.1. The number of carbonyl (C=O) groups is 1. The first-order valence-corrected chi connectivity index (χ1v) is 11.5. The Labute approximate surface area is 188 Å². The van der Waals surface area contributed by atoms with Crippen LogP contribution < -0.4 is 0 Å². The smallest absolute Gasteiger partial charge is 0.201 e. The number of allylic oxidation sites excluding steroid dienone is 1. The van der Waals surface area contributed by atoms with Gasteiger partial charge in [-0.3, -0.25) is 4.79 Å². The Kier molecular flexibility index (Phi) is 3.62. The highest BCUT2D eigenvalue weighted by molar-refractivity contribution is 8.14. The number of aromatic nitrogens is 4. The lowest BCUT2D eigenvalue weighted by atomic mass is 9.89. The van der Waals surface area contributed by atoms with Crippen molar-refractivity contribution in [2.24, 2.45) is 7.05 Å². The number of hydrogen-bond acceptors (Lipinski definition) is 4.